The molecule has 0 saturated carbocycles. The molecule has 0 bridgehead atoms. The Balaban J connectivity index is 2.14. The van der Waals surface area contributed by atoms with Gasteiger partial charge in [0, 0.05) is 24.4 Å². The number of aromatic nitrogens is 2. The van der Waals surface area contributed by atoms with E-state index < -0.39 is 0 Å². The summed E-state index contributed by atoms with van der Waals surface area (Å²) in [5, 5.41) is 10.4. The van der Waals surface area contributed by atoms with Crippen molar-refractivity contribution >= 4 is 35.2 Å². The molecule has 6 heteroatoms. The summed E-state index contributed by atoms with van der Waals surface area (Å²) in [4.78, 5) is 18.2. The molecule has 3 rings (SSSR count). The van der Waals surface area contributed by atoms with Gasteiger partial charge in [-0.05, 0) is 12.1 Å². The van der Waals surface area contributed by atoms with Gasteiger partial charge in [-0.25, -0.2) is 4.79 Å². The number of aromatic hydroxyl groups is 1. The molecule has 1 aliphatic heterocycles. The average molecular weight is 276 g/mol. The van der Waals surface area contributed by atoms with Crippen LogP contribution in [-0.2, 0) is 7.05 Å². The highest BCUT2D eigenvalue weighted by Crippen LogP contribution is 2.38. The van der Waals surface area contributed by atoms with Crippen LogP contribution in [0.5, 0.6) is 5.88 Å². The highest BCUT2D eigenvalue weighted by molar-refractivity contribution is 6.35. The number of halogens is 1. The van der Waals surface area contributed by atoms with E-state index in [0.717, 1.165) is 15.7 Å². The summed E-state index contributed by atoms with van der Waals surface area (Å²) in [6, 6.07) is 5.48. The molecule has 2 aromatic rings. The number of hydrogen-bond acceptors (Lipinski definition) is 3. The first-order valence-electron chi connectivity index (χ1n) is 5.60. The van der Waals surface area contributed by atoms with Gasteiger partial charge >= 0.3 is 5.69 Å². The Morgan fingerprint density at radius 3 is 2.95 bits per heavy atom. The van der Waals surface area contributed by atoms with Gasteiger partial charge in [0.2, 0.25) is 5.88 Å². The van der Waals surface area contributed by atoms with Crippen molar-refractivity contribution in [3.05, 3.63) is 45.0 Å². The highest BCUT2D eigenvalue weighted by atomic mass is 35.5. The average Bonchev–Trinajstić information content (AvgIpc) is 2.90. The number of rotatable bonds is 1. The smallest absolute Gasteiger partial charge is 0.328 e. The second-order valence-electron chi connectivity index (χ2n) is 4.22. The Morgan fingerprint density at radius 1 is 1.47 bits per heavy atom. The molecule has 1 aliphatic rings. The quantitative estimate of drug-likeness (QED) is 0.838. The van der Waals surface area contributed by atoms with Crippen LogP contribution in [0.15, 0.2) is 28.0 Å². The van der Waals surface area contributed by atoms with Crippen molar-refractivity contribution in [1.29, 1.82) is 0 Å². The molecule has 0 fully saturated rings. The van der Waals surface area contributed by atoms with E-state index in [1.807, 2.05) is 12.1 Å². The molecule has 5 nitrogen and oxygen atoms in total. The zero-order valence-corrected chi connectivity index (χ0v) is 10.8. The lowest BCUT2D eigenvalue weighted by Gasteiger charge is -2.00. The maximum absolute atomic E-state index is 11.4. The third kappa shape index (κ3) is 1.79. The molecule has 1 aromatic carbocycles. The molecular weight excluding hydrogens is 266 g/mol. The summed E-state index contributed by atoms with van der Waals surface area (Å²) in [5.41, 5.74) is 2.34. The molecule has 0 radical (unpaired) electrons. The van der Waals surface area contributed by atoms with Gasteiger partial charge in [0.25, 0.3) is 0 Å². The zero-order chi connectivity index (χ0) is 13.6. The highest BCUT2D eigenvalue weighted by Gasteiger charge is 2.16. The lowest BCUT2D eigenvalue weighted by Crippen LogP contribution is -2.11. The Labute approximate surface area is 113 Å². The van der Waals surface area contributed by atoms with Crippen LogP contribution >= 0.6 is 11.6 Å². The second-order valence-corrected chi connectivity index (χ2v) is 4.63. The predicted octanol–water partition coefficient (Wildman–Crippen LogP) is 2.33. The van der Waals surface area contributed by atoms with Crippen molar-refractivity contribution in [3.8, 4) is 5.88 Å². The van der Waals surface area contributed by atoms with Gasteiger partial charge < -0.3 is 10.1 Å². The summed E-state index contributed by atoms with van der Waals surface area (Å²) in [5.74, 6) is -0.110. The van der Waals surface area contributed by atoms with Gasteiger partial charge in [-0.3, -0.25) is 9.56 Å². The van der Waals surface area contributed by atoms with Crippen LogP contribution in [0.2, 0.25) is 5.02 Å². The van der Waals surface area contributed by atoms with Crippen LogP contribution in [-0.4, -0.2) is 20.9 Å². The molecule has 0 amide bonds. The molecule has 0 unspecified atom stereocenters. The van der Waals surface area contributed by atoms with Gasteiger partial charge in [0.15, 0.2) is 0 Å². The van der Waals surface area contributed by atoms with E-state index in [0.29, 0.717) is 16.4 Å². The van der Waals surface area contributed by atoms with Crippen LogP contribution in [0.25, 0.3) is 11.6 Å². The lowest BCUT2D eigenvalue weighted by molar-refractivity contribution is 0.428. The van der Waals surface area contributed by atoms with Gasteiger partial charge in [0.1, 0.15) is 5.69 Å². The van der Waals surface area contributed by atoms with E-state index >= 15 is 0 Å². The van der Waals surface area contributed by atoms with Crippen LogP contribution in [0.4, 0.5) is 5.69 Å². The van der Waals surface area contributed by atoms with E-state index in [1.165, 1.54) is 7.05 Å². The van der Waals surface area contributed by atoms with E-state index in [9.17, 15) is 9.90 Å². The number of fused-ring (bicyclic) bond motifs is 1. The number of hydrogen-bond donors (Lipinski definition) is 2. The fourth-order valence-electron chi connectivity index (χ4n) is 1.99. The second kappa shape index (κ2) is 4.13. The minimum absolute atomic E-state index is 0.110. The van der Waals surface area contributed by atoms with Gasteiger partial charge in [-0.2, -0.15) is 0 Å². The van der Waals surface area contributed by atoms with Crippen molar-refractivity contribution in [3.63, 3.8) is 0 Å². The predicted molar refractivity (Wildman–Crippen MR) is 75.2 cm³/mol. The molecular formula is C13H10ClN3O2. The van der Waals surface area contributed by atoms with Crippen LogP contribution < -0.4 is 5.69 Å². The largest absolute Gasteiger partial charge is 0.493 e. The SMILES string of the molecule is Cn1c(O)c(C=C2C=Nc3c(Cl)cccc32)[nH]c1=O. The Hall–Kier alpha value is -2.27. The minimum atomic E-state index is -0.370. The number of aromatic amines is 1. The minimum Gasteiger partial charge on any atom is -0.493 e. The number of para-hydroxylation sites is 1. The van der Waals surface area contributed by atoms with Crippen molar-refractivity contribution in [2.45, 2.75) is 0 Å². The van der Waals surface area contributed by atoms with Crippen molar-refractivity contribution in [2.24, 2.45) is 12.0 Å². The van der Waals surface area contributed by atoms with Crippen LogP contribution in [0, 0.1) is 0 Å². The van der Waals surface area contributed by atoms with Crippen molar-refractivity contribution in [2.75, 3.05) is 0 Å². The zero-order valence-electron chi connectivity index (χ0n) is 10.0. The summed E-state index contributed by atoms with van der Waals surface area (Å²) >= 11 is 6.05. The van der Waals surface area contributed by atoms with Gasteiger partial charge in [-0.15, -0.1) is 0 Å². The fourth-order valence-corrected chi connectivity index (χ4v) is 2.21. The molecule has 2 N–H and O–H groups in total. The van der Waals surface area contributed by atoms with E-state index in [-0.39, 0.29) is 11.6 Å². The van der Waals surface area contributed by atoms with Gasteiger partial charge in [-0.1, -0.05) is 23.7 Å². The fraction of sp³-hybridized carbons (Fsp3) is 0.0769. The first kappa shape index (κ1) is 11.8. The standard InChI is InChI=1S/C13H10ClN3O2/c1-17-12(18)10(16-13(17)19)5-7-6-15-11-8(7)3-2-4-9(11)14/h2-6,18H,1H3,(H,16,19). The monoisotopic (exact) mass is 275 g/mol. The molecule has 19 heavy (non-hydrogen) atoms. The number of H-pyrrole nitrogens is 1. The van der Waals surface area contributed by atoms with E-state index in [1.54, 1.807) is 18.4 Å². The molecule has 96 valence electrons. The molecule has 0 saturated heterocycles. The number of nitrogens with one attached hydrogen (secondary N) is 1. The number of aliphatic imine (C=N–C) groups is 1. The van der Waals surface area contributed by atoms with Gasteiger partial charge in [0.05, 0.1) is 10.7 Å². The molecule has 0 aliphatic carbocycles. The summed E-state index contributed by atoms with van der Waals surface area (Å²) in [6.45, 7) is 0. The number of allylic oxidation sites excluding steroid dienone is 1. The van der Waals surface area contributed by atoms with Crippen LogP contribution in [0.1, 0.15) is 11.3 Å². The van der Waals surface area contributed by atoms with Crippen molar-refractivity contribution < 1.29 is 5.11 Å². The Kier molecular flexibility index (Phi) is 2.57. The third-order valence-electron chi connectivity index (χ3n) is 3.04. The number of nitrogens with zero attached hydrogens (tertiary/aromatic N) is 2. The van der Waals surface area contributed by atoms with E-state index in [2.05, 4.69) is 9.98 Å². The lowest BCUT2D eigenvalue weighted by atomic mass is 10.1. The molecule has 1 aromatic heterocycles. The normalized spacial score (nSPS) is 15.2. The first-order chi connectivity index (χ1) is 9.08. The summed E-state index contributed by atoms with van der Waals surface area (Å²) in [6.07, 6.45) is 3.32. The third-order valence-corrected chi connectivity index (χ3v) is 3.34. The molecule has 0 spiro atoms. The van der Waals surface area contributed by atoms with E-state index in [4.69, 9.17) is 11.6 Å². The molecule has 0 atom stereocenters. The maximum Gasteiger partial charge on any atom is 0.328 e. The summed E-state index contributed by atoms with van der Waals surface area (Å²) < 4.78 is 1.14. The van der Waals surface area contributed by atoms with Crippen molar-refractivity contribution in [1.82, 2.24) is 9.55 Å². The molecule has 2 heterocycles. The topological polar surface area (TPSA) is 70.4 Å². The summed E-state index contributed by atoms with van der Waals surface area (Å²) in [7, 11) is 1.49. The maximum atomic E-state index is 11.4. The first-order valence-corrected chi connectivity index (χ1v) is 5.98. The number of benzene rings is 1. The Morgan fingerprint density at radius 2 is 2.26 bits per heavy atom. The Bertz CT molecular complexity index is 784. The number of imidazole rings is 1. The van der Waals surface area contributed by atoms with Crippen LogP contribution in [0.3, 0.4) is 0 Å².